The lowest BCUT2D eigenvalue weighted by atomic mass is 10.0. The normalized spacial score (nSPS) is 11.0. The summed E-state index contributed by atoms with van der Waals surface area (Å²) in [6.45, 7) is 1.76. The van der Waals surface area contributed by atoms with Gasteiger partial charge in [-0.25, -0.2) is 4.79 Å². The molecule has 3 aromatic rings. The van der Waals surface area contributed by atoms with E-state index in [9.17, 15) is 4.79 Å². The van der Waals surface area contributed by atoms with Gasteiger partial charge in [0.05, 0.1) is 11.3 Å². The Morgan fingerprint density at radius 2 is 1.77 bits per heavy atom. The minimum absolute atomic E-state index is 0.354. The van der Waals surface area contributed by atoms with Gasteiger partial charge in [0.1, 0.15) is 5.76 Å². The third kappa shape index (κ3) is 3.04. The fourth-order valence-corrected chi connectivity index (χ4v) is 2.26. The van der Waals surface area contributed by atoms with Crippen LogP contribution in [0.5, 0.6) is 0 Å². The van der Waals surface area contributed by atoms with Crippen molar-refractivity contribution in [1.82, 2.24) is 4.98 Å². The maximum Gasteiger partial charge on any atom is 0.343 e. The molecular weight excluding hydrogens is 274 g/mol. The van der Waals surface area contributed by atoms with E-state index in [0.29, 0.717) is 11.3 Å². The van der Waals surface area contributed by atoms with Crippen molar-refractivity contribution in [2.75, 3.05) is 0 Å². The molecule has 0 saturated heterocycles. The van der Waals surface area contributed by atoms with Crippen LogP contribution in [-0.4, -0.2) is 4.98 Å². The molecule has 1 aromatic carbocycles. The molecule has 3 rings (SSSR count). The van der Waals surface area contributed by atoms with Crippen molar-refractivity contribution < 1.29 is 4.42 Å². The van der Waals surface area contributed by atoms with Crippen LogP contribution in [0, 0.1) is 6.92 Å². The standard InChI is InChI=1S/C19H15NO2/c1-14-13-17(18-9-5-6-12-20-18)16(19(21)22-14)11-10-15-7-3-2-4-8-15/h2-13H,1H3/b11-10+. The van der Waals surface area contributed by atoms with Gasteiger partial charge in [0, 0.05) is 11.8 Å². The van der Waals surface area contributed by atoms with Crippen LogP contribution >= 0.6 is 0 Å². The Kier molecular flexibility index (Phi) is 3.97. The molecule has 108 valence electrons. The molecule has 2 heterocycles. The van der Waals surface area contributed by atoms with Crippen molar-refractivity contribution in [2.45, 2.75) is 6.92 Å². The van der Waals surface area contributed by atoms with Crippen LogP contribution in [0.3, 0.4) is 0 Å². The first-order valence-electron chi connectivity index (χ1n) is 7.03. The van der Waals surface area contributed by atoms with E-state index in [0.717, 1.165) is 16.8 Å². The minimum Gasteiger partial charge on any atom is -0.428 e. The highest BCUT2D eigenvalue weighted by molar-refractivity contribution is 5.78. The van der Waals surface area contributed by atoms with Gasteiger partial charge in [-0.2, -0.15) is 0 Å². The summed E-state index contributed by atoms with van der Waals surface area (Å²) in [6.07, 6.45) is 5.39. The number of pyridine rings is 1. The van der Waals surface area contributed by atoms with Crippen LogP contribution in [-0.2, 0) is 0 Å². The molecule has 0 spiro atoms. The van der Waals surface area contributed by atoms with Gasteiger partial charge in [-0.3, -0.25) is 4.98 Å². The third-order valence-corrected chi connectivity index (χ3v) is 3.29. The molecule has 3 nitrogen and oxygen atoms in total. The zero-order valence-electron chi connectivity index (χ0n) is 12.2. The maximum absolute atomic E-state index is 12.2. The topological polar surface area (TPSA) is 43.1 Å². The molecule has 0 radical (unpaired) electrons. The second-order valence-corrected chi connectivity index (χ2v) is 4.93. The van der Waals surface area contributed by atoms with E-state index in [2.05, 4.69) is 4.98 Å². The summed E-state index contributed by atoms with van der Waals surface area (Å²) in [7, 11) is 0. The molecule has 0 unspecified atom stereocenters. The van der Waals surface area contributed by atoms with E-state index in [1.807, 2.05) is 60.7 Å². The zero-order valence-corrected chi connectivity index (χ0v) is 12.2. The summed E-state index contributed by atoms with van der Waals surface area (Å²) in [6, 6.07) is 17.3. The number of aromatic nitrogens is 1. The molecule has 0 aliphatic heterocycles. The Hall–Kier alpha value is -2.94. The van der Waals surface area contributed by atoms with Gasteiger partial charge in [-0.05, 0) is 36.8 Å². The number of nitrogens with zero attached hydrogens (tertiary/aromatic N) is 1. The summed E-state index contributed by atoms with van der Waals surface area (Å²) in [5.74, 6) is 0.572. The van der Waals surface area contributed by atoms with Crippen molar-refractivity contribution in [1.29, 1.82) is 0 Å². The van der Waals surface area contributed by atoms with E-state index < -0.39 is 0 Å². The monoisotopic (exact) mass is 289 g/mol. The maximum atomic E-state index is 12.2. The van der Waals surface area contributed by atoms with Crippen molar-refractivity contribution in [3.05, 3.63) is 88.1 Å². The van der Waals surface area contributed by atoms with Gasteiger partial charge in [-0.1, -0.05) is 42.5 Å². The Morgan fingerprint density at radius 1 is 1.00 bits per heavy atom. The van der Waals surface area contributed by atoms with Crippen molar-refractivity contribution in [2.24, 2.45) is 0 Å². The van der Waals surface area contributed by atoms with Gasteiger partial charge >= 0.3 is 5.63 Å². The van der Waals surface area contributed by atoms with Crippen LogP contribution in [0.2, 0.25) is 0 Å². The van der Waals surface area contributed by atoms with E-state index in [-0.39, 0.29) is 5.63 Å². The molecule has 0 saturated carbocycles. The Labute approximate surface area is 128 Å². The molecule has 2 aromatic heterocycles. The smallest absolute Gasteiger partial charge is 0.343 e. The second-order valence-electron chi connectivity index (χ2n) is 4.93. The van der Waals surface area contributed by atoms with Gasteiger partial charge in [0.15, 0.2) is 0 Å². The minimum atomic E-state index is -0.354. The van der Waals surface area contributed by atoms with Gasteiger partial charge < -0.3 is 4.42 Å². The van der Waals surface area contributed by atoms with Gasteiger partial charge in [0.25, 0.3) is 0 Å². The van der Waals surface area contributed by atoms with Crippen LogP contribution in [0.1, 0.15) is 16.9 Å². The predicted molar refractivity (Wildman–Crippen MR) is 88.3 cm³/mol. The molecule has 0 aliphatic carbocycles. The largest absolute Gasteiger partial charge is 0.428 e. The highest BCUT2D eigenvalue weighted by Gasteiger charge is 2.10. The number of benzene rings is 1. The fourth-order valence-electron chi connectivity index (χ4n) is 2.26. The lowest BCUT2D eigenvalue weighted by molar-refractivity contribution is 0.479. The Bertz CT molecular complexity index is 850. The summed E-state index contributed by atoms with van der Waals surface area (Å²) >= 11 is 0. The highest BCUT2D eigenvalue weighted by Crippen LogP contribution is 2.22. The van der Waals surface area contributed by atoms with Gasteiger partial charge in [0.2, 0.25) is 0 Å². The lowest BCUT2D eigenvalue weighted by Gasteiger charge is -2.05. The van der Waals surface area contributed by atoms with Gasteiger partial charge in [-0.15, -0.1) is 0 Å². The molecular formula is C19H15NO2. The summed E-state index contributed by atoms with van der Waals surface area (Å²) in [4.78, 5) is 16.5. The molecule has 0 aliphatic rings. The fraction of sp³-hybridized carbons (Fsp3) is 0.0526. The van der Waals surface area contributed by atoms with Crippen LogP contribution in [0.15, 0.2) is 70.0 Å². The Balaban J connectivity index is 2.11. The van der Waals surface area contributed by atoms with E-state index in [1.165, 1.54) is 0 Å². The second kappa shape index (κ2) is 6.22. The zero-order chi connectivity index (χ0) is 15.4. The van der Waals surface area contributed by atoms with Crippen LogP contribution in [0.25, 0.3) is 23.4 Å². The first-order valence-corrected chi connectivity index (χ1v) is 7.03. The molecule has 0 bridgehead atoms. The van der Waals surface area contributed by atoms with E-state index in [4.69, 9.17) is 4.42 Å². The summed E-state index contributed by atoms with van der Waals surface area (Å²) in [5, 5.41) is 0. The predicted octanol–water partition coefficient (Wildman–Crippen LogP) is 4.18. The van der Waals surface area contributed by atoms with Crippen LogP contribution in [0.4, 0.5) is 0 Å². The quantitative estimate of drug-likeness (QED) is 0.726. The van der Waals surface area contributed by atoms with Crippen molar-refractivity contribution in [3.8, 4) is 11.3 Å². The third-order valence-electron chi connectivity index (χ3n) is 3.29. The summed E-state index contributed by atoms with van der Waals surface area (Å²) < 4.78 is 5.22. The Morgan fingerprint density at radius 3 is 2.50 bits per heavy atom. The first-order chi connectivity index (χ1) is 10.7. The molecule has 0 fully saturated rings. The molecule has 22 heavy (non-hydrogen) atoms. The van der Waals surface area contributed by atoms with Crippen molar-refractivity contribution in [3.63, 3.8) is 0 Å². The van der Waals surface area contributed by atoms with E-state index in [1.54, 1.807) is 19.2 Å². The number of hydrogen-bond acceptors (Lipinski definition) is 3. The molecule has 0 N–H and O–H groups in total. The number of aryl methyl sites for hydroxylation is 1. The average Bonchev–Trinajstić information content (AvgIpc) is 2.55. The van der Waals surface area contributed by atoms with E-state index >= 15 is 0 Å². The van der Waals surface area contributed by atoms with Crippen molar-refractivity contribution >= 4 is 12.2 Å². The molecule has 0 atom stereocenters. The molecule has 3 heteroatoms. The lowest BCUT2D eigenvalue weighted by Crippen LogP contribution is -2.06. The highest BCUT2D eigenvalue weighted by atomic mass is 16.4. The summed E-state index contributed by atoms with van der Waals surface area (Å²) in [5.41, 5.74) is 2.71. The first kappa shape index (κ1) is 14.0. The number of rotatable bonds is 3. The molecule has 0 amide bonds. The average molecular weight is 289 g/mol. The van der Waals surface area contributed by atoms with Crippen LogP contribution < -0.4 is 5.63 Å². The number of hydrogen-bond donors (Lipinski definition) is 0. The SMILES string of the molecule is Cc1cc(-c2ccccn2)c(/C=C/c2ccccc2)c(=O)o1.